The summed E-state index contributed by atoms with van der Waals surface area (Å²) in [7, 11) is 0. The molecule has 0 bridgehead atoms. The molecule has 2 N–H and O–H groups in total. The van der Waals surface area contributed by atoms with Crippen molar-refractivity contribution in [2.75, 3.05) is 5.32 Å². The molecule has 0 saturated heterocycles. The second-order valence-corrected chi connectivity index (χ2v) is 5.29. The van der Waals surface area contributed by atoms with Crippen molar-refractivity contribution < 1.29 is 14.3 Å². The summed E-state index contributed by atoms with van der Waals surface area (Å²) in [4.78, 5) is 11.1. The third-order valence-corrected chi connectivity index (χ3v) is 3.53. The molecule has 2 aromatic carbocycles. The van der Waals surface area contributed by atoms with Gasteiger partial charge >= 0.3 is 5.97 Å². The maximum atomic E-state index is 13.6. The van der Waals surface area contributed by atoms with Crippen LogP contribution in [0, 0.1) is 12.7 Å². The molecule has 0 aliphatic heterocycles. The van der Waals surface area contributed by atoms with E-state index >= 15 is 0 Å². The standard InChI is InChI=1S/C15H13BrFNO2/c1-9-12(15(19)20)3-2-4-14(9)18-8-10-7-11(16)5-6-13(10)17/h2-7,18H,8H2,1H3,(H,19,20). The molecule has 20 heavy (non-hydrogen) atoms. The molecule has 0 aliphatic carbocycles. The van der Waals surface area contributed by atoms with Crippen molar-refractivity contribution in [1.29, 1.82) is 0 Å². The summed E-state index contributed by atoms with van der Waals surface area (Å²) in [5, 5.41) is 12.1. The minimum Gasteiger partial charge on any atom is -0.478 e. The molecule has 2 aromatic rings. The van der Waals surface area contributed by atoms with Gasteiger partial charge in [0.1, 0.15) is 5.82 Å². The normalized spacial score (nSPS) is 10.3. The predicted octanol–water partition coefficient (Wildman–Crippen LogP) is 4.21. The predicted molar refractivity (Wildman–Crippen MR) is 79.6 cm³/mol. The zero-order valence-corrected chi connectivity index (χ0v) is 12.4. The van der Waals surface area contributed by atoms with Crippen LogP contribution in [0.25, 0.3) is 0 Å². The van der Waals surface area contributed by atoms with Crippen LogP contribution in [-0.4, -0.2) is 11.1 Å². The van der Waals surface area contributed by atoms with Crippen LogP contribution in [0.15, 0.2) is 40.9 Å². The Balaban J connectivity index is 2.21. The first-order valence-electron chi connectivity index (χ1n) is 5.99. The van der Waals surface area contributed by atoms with Crippen molar-refractivity contribution in [1.82, 2.24) is 0 Å². The van der Waals surface area contributed by atoms with Gasteiger partial charge < -0.3 is 10.4 Å². The largest absolute Gasteiger partial charge is 0.478 e. The maximum absolute atomic E-state index is 13.6. The quantitative estimate of drug-likeness (QED) is 0.878. The summed E-state index contributed by atoms with van der Waals surface area (Å²) in [5.41, 5.74) is 2.07. The molecule has 0 spiro atoms. The van der Waals surface area contributed by atoms with E-state index in [2.05, 4.69) is 21.2 Å². The lowest BCUT2D eigenvalue weighted by molar-refractivity contribution is 0.0696. The Hall–Kier alpha value is -1.88. The number of nitrogens with one attached hydrogen (secondary N) is 1. The number of rotatable bonds is 4. The lowest BCUT2D eigenvalue weighted by Gasteiger charge is -2.12. The number of halogens is 2. The molecule has 0 saturated carbocycles. The Kier molecular flexibility index (Phi) is 4.39. The Bertz CT molecular complexity index is 658. The van der Waals surface area contributed by atoms with E-state index in [0.717, 1.165) is 4.47 Å². The van der Waals surface area contributed by atoms with Crippen molar-refractivity contribution in [3.63, 3.8) is 0 Å². The number of anilines is 1. The molecule has 0 aromatic heterocycles. The van der Waals surface area contributed by atoms with Gasteiger partial charge in [-0.1, -0.05) is 22.0 Å². The van der Waals surface area contributed by atoms with E-state index in [4.69, 9.17) is 5.11 Å². The van der Waals surface area contributed by atoms with Crippen LogP contribution in [0.4, 0.5) is 10.1 Å². The van der Waals surface area contributed by atoms with Gasteiger partial charge in [-0.3, -0.25) is 0 Å². The molecule has 0 radical (unpaired) electrons. The molecular weight excluding hydrogens is 325 g/mol. The van der Waals surface area contributed by atoms with Gasteiger partial charge in [0, 0.05) is 22.3 Å². The van der Waals surface area contributed by atoms with Crippen LogP contribution in [0.2, 0.25) is 0 Å². The van der Waals surface area contributed by atoms with Crippen LogP contribution in [-0.2, 0) is 6.54 Å². The van der Waals surface area contributed by atoms with E-state index in [1.54, 1.807) is 37.3 Å². The number of aromatic carboxylic acids is 1. The Morgan fingerprint density at radius 3 is 2.80 bits per heavy atom. The molecule has 5 heteroatoms. The number of carboxylic acids is 1. The Labute approximate surface area is 124 Å². The number of hydrogen-bond donors (Lipinski definition) is 2. The van der Waals surface area contributed by atoms with Gasteiger partial charge in [0.05, 0.1) is 5.56 Å². The molecule has 0 unspecified atom stereocenters. The van der Waals surface area contributed by atoms with E-state index in [0.29, 0.717) is 16.8 Å². The van der Waals surface area contributed by atoms with Crippen LogP contribution in [0.1, 0.15) is 21.5 Å². The second-order valence-electron chi connectivity index (χ2n) is 4.37. The molecule has 2 rings (SSSR count). The first kappa shape index (κ1) is 14.5. The minimum absolute atomic E-state index is 0.240. The van der Waals surface area contributed by atoms with Crippen LogP contribution in [0.5, 0.6) is 0 Å². The van der Waals surface area contributed by atoms with Crippen molar-refractivity contribution in [2.24, 2.45) is 0 Å². The monoisotopic (exact) mass is 337 g/mol. The third-order valence-electron chi connectivity index (χ3n) is 3.04. The van der Waals surface area contributed by atoms with Gasteiger partial charge in [-0.15, -0.1) is 0 Å². The maximum Gasteiger partial charge on any atom is 0.336 e. The molecule has 0 fully saturated rings. The Morgan fingerprint density at radius 1 is 1.35 bits per heavy atom. The summed E-state index contributed by atoms with van der Waals surface area (Å²) in [6.07, 6.45) is 0. The second kappa shape index (κ2) is 6.05. The lowest BCUT2D eigenvalue weighted by atomic mass is 10.1. The third kappa shape index (κ3) is 3.17. The highest BCUT2D eigenvalue weighted by atomic mass is 79.9. The number of benzene rings is 2. The molecule has 0 amide bonds. The summed E-state index contributed by atoms with van der Waals surface area (Å²) in [5.74, 6) is -1.27. The SMILES string of the molecule is Cc1c(NCc2cc(Br)ccc2F)cccc1C(=O)O. The van der Waals surface area contributed by atoms with Gasteiger partial charge in [-0.2, -0.15) is 0 Å². The minimum atomic E-state index is -0.972. The zero-order valence-electron chi connectivity index (χ0n) is 10.8. The van der Waals surface area contributed by atoms with Crippen LogP contribution in [0.3, 0.4) is 0 Å². The lowest BCUT2D eigenvalue weighted by Crippen LogP contribution is -2.06. The summed E-state index contributed by atoms with van der Waals surface area (Å²) >= 11 is 3.30. The fourth-order valence-corrected chi connectivity index (χ4v) is 2.34. The summed E-state index contributed by atoms with van der Waals surface area (Å²) in [6, 6.07) is 9.70. The highest BCUT2D eigenvalue weighted by molar-refractivity contribution is 9.10. The zero-order chi connectivity index (χ0) is 14.7. The van der Waals surface area contributed by atoms with E-state index in [9.17, 15) is 9.18 Å². The molecule has 0 aliphatic rings. The van der Waals surface area contributed by atoms with Crippen molar-refractivity contribution in [2.45, 2.75) is 13.5 Å². The van der Waals surface area contributed by atoms with E-state index < -0.39 is 5.97 Å². The highest BCUT2D eigenvalue weighted by Crippen LogP contribution is 2.21. The van der Waals surface area contributed by atoms with Crippen LogP contribution < -0.4 is 5.32 Å². The summed E-state index contributed by atoms with van der Waals surface area (Å²) < 4.78 is 14.4. The number of hydrogen-bond acceptors (Lipinski definition) is 2. The molecule has 104 valence electrons. The first-order chi connectivity index (χ1) is 9.49. The highest BCUT2D eigenvalue weighted by Gasteiger charge is 2.10. The average molecular weight is 338 g/mol. The van der Waals surface area contributed by atoms with Gasteiger partial charge in [-0.05, 0) is 42.8 Å². The van der Waals surface area contributed by atoms with Gasteiger partial charge in [0.25, 0.3) is 0 Å². The summed E-state index contributed by atoms with van der Waals surface area (Å²) in [6.45, 7) is 2.01. The van der Waals surface area contributed by atoms with Gasteiger partial charge in [-0.25, -0.2) is 9.18 Å². The van der Waals surface area contributed by atoms with E-state index in [1.165, 1.54) is 6.07 Å². The smallest absolute Gasteiger partial charge is 0.336 e. The first-order valence-corrected chi connectivity index (χ1v) is 6.79. The molecule has 0 atom stereocenters. The van der Waals surface area contributed by atoms with Gasteiger partial charge in [0.15, 0.2) is 0 Å². The Morgan fingerprint density at radius 2 is 2.10 bits per heavy atom. The van der Waals surface area contributed by atoms with E-state index in [1.807, 2.05) is 0 Å². The fraction of sp³-hybridized carbons (Fsp3) is 0.133. The molecular formula is C15H13BrFNO2. The number of carbonyl (C=O) groups is 1. The molecule has 3 nitrogen and oxygen atoms in total. The fourth-order valence-electron chi connectivity index (χ4n) is 1.93. The van der Waals surface area contributed by atoms with Crippen LogP contribution >= 0.6 is 15.9 Å². The molecule has 0 heterocycles. The average Bonchev–Trinajstić information content (AvgIpc) is 2.41. The van der Waals surface area contributed by atoms with E-state index in [-0.39, 0.29) is 17.9 Å². The van der Waals surface area contributed by atoms with Crippen molar-refractivity contribution in [3.8, 4) is 0 Å². The number of carboxylic acid groups (broad SMARTS) is 1. The topological polar surface area (TPSA) is 49.3 Å². The van der Waals surface area contributed by atoms with Crippen molar-refractivity contribution in [3.05, 3.63) is 63.4 Å². The van der Waals surface area contributed by atoms with Crippen molar-refractivity contribution >= 4 is 27.6 Å². The van der Waals surface area contributed by atoms with Gasteiger partial charge in [0.2, 0.25) is 0 Å².